The maximum absolute atomic E-state index is 11.8. The van der Waals surface area contributed by atoms with Crippen LogP contribution in [0, 0.1) is 0 Å². The van der Waals surface area contributed by atoms with Gasteiger partial charge in [-0.2, -0.15) is 13.2 Å². The summed E-state index contributed by atoms with van der Waals surface area (Å²) >= 11 is 0. The Balaban J connectivity index is 2.16. The highest BCUT2D eigenvalue weighted by Crippen LogP contribution is 2.14. The Morgan fingerprint density at radius 1 is 1.32 bits per heavy atom. The molecule has 1 aromatic rings. The van der Waals surface area contributed by atoms with Crippen LogP contribution in [0.2, 0.25) is 0 Å². The fraction of sp³-hybridized carbons (Fsp3) is 0.667. The minimum atomic E-state index is -4.26. The molecular formula is C12H19F3N2O2. The lowest BCUT2D eigenvalue weighted by molar-refractivity contribution is -0.174. The van der Waals surface area contributed by atoms with Crippen molar-refractivity contribution in [1.29, 1.82) is 0 Å². The second-order valence-corrected chi connectivity index (χ2v) is 4.09. The van der Waals surface area contributed by atoms with Gasteiger partial charge in [-0.05, 0) is 11.6 Å². The van der Waals surface area contributed by atoms with Gasteiger partial charge in [-0.3, -0.25) is 0 Å². The highest BCUT2D eigenvalue weighted by molar-refractivity contribution is 5.09. The van der Waals surface area contributed by atoms with Gasteiger partial charge in [0.15, 0.2) is 0 Å². The van der Waals surface area contributed by atoms with Gasteiger partial charge in [0.1, 0.15) is 6.61 Å². The van der Waals surface area contributed by atoms with Crippen LogP contribution in [0.5, 0.6) is 0 Å². The highest BCUT2D eigenvalue weighted by atomic mass is 19.4. The van der Waals surface area contributed by atoms with Crippen LogP contribution in [0.15, 0.2) is 18.5 Å². The zero-order valence-corrected chi connectivity index (χ0v) is 10.9. The van der Waals surface area contributed by atoms with Crippen LogP contribution in [0.1, 0.15) is 5.56 Å². The predicted octanol–water partition coefficient (Wildman–Crippen LogP) is 1.80. The van der Waals surface area contributed by atoms with Gasteiger partial charge in [-0.25, -0.2) is 0 Å². The van der Waals surface area contributed by atoms with Crippen molar-refractivity contribution in [3.8, 4) is 0 Å². The van der Waals surface area contributed by atoms with Crippen molar-refractivity contribution in [3.63, 3.8) is 0 Å². The second-order valence-electron chi connectivity index (χ2n) is 4.09. The lowest BCUT2D eigenvalue weighted by Gasteiger charge is -2.08. The molecular weight excluding hydrogens is 261 g/mol. The normalized spacial score (nSPS) is 12.0. The standard InChI is InChI=1S/C12H19F3N2O2/c1-18-6-3-16-8-11-2-4-17(9-11)5-7-19-10-12(13,14)15/h2,4,9,16H,3,5-8,10H2,1H3. The Labute approximate surface area is 110 Å². The quantitative estimate of drug-likeness (QED) is 0.701. The van der Waals surface area contributed by atoms with E-state index in [4.69, 9.17) is 4.74 Å². The van der Waals surface area contributed by atoms with Gasteiger partial charge in [0, 0.05) is 39.1 Å². The molecule has 0 bridgehead atoms. The van der Waals surface area contributed by atoms with Gasteiger partial charge >= 0.3 is 6.18 Å². The van der Waals surface area contributed by atoms with Crippen LogP contribution in [0.3, 0.4) is 0 Å². The number of rotatable bonds is 9. The number of ether oxygens (including phenoxy) is 2. The molecule has 7 heteroatoms. The van der Waals surface area contributed by atoms with Crippen molar-refractivity contribution < 1.29 is 22.6 Å². The minimum absolute atomic E-state index is 0.0464. The number of nitrogens with zero attached hydrogens (tertiary/aromatic N) is 1. The van der Waals surface area contributed by atoms with Crippen LogP contribution in [-0.2, 0) is 22.6 Å². The van der Waals surface area contributed by atoms with Gasteiger partial charge < -0.3 is 19.4 Å². The molecule has 110 valence electrons. The zero-order chi connectivity index (χ0) is 14.1. The van der Waals surface area contributed by atoms with Crippen LogP contribution in [0.4, 0.5) is 13.2 Å². The molecule has 0 spiro atoms. The van der Waals surface area contributed by atoms with Crippen LogP contribution in [-0.4, -0.2) is 44.2 Å². The number of nitrogens with one attached hydrogen (secondary N) is 1. The Bertz CT molecular complexity index is 353. The molecule has 1 aromatic heterocycles. The Morgan fingerprint density at radius 2 is 2.11 bits per heavy atom. The third-order valence-electron chi connectivity index (χ3n) is 2.38. The monoisotopic (exact) mass is 280 g/mol. The second kappa shape index (κ2) is 8.19. The Kier molecular flexibility index (Phi) is 6.90. The number of aromatic nitrogens is 1. The topological polar surface area (TPSA) is 35.4 Å². The van der Waals surface area contributed by atoms with E-state index in [1.165, 1.54) is 0 Å². The zero-order valence-electron chi connectivity index (χ0n) is 10.9. The SMILES string of the molecule is COCCNCc1ccn(CCOCC(F)(F)F)c1. The van der Waals surface area contributed by atoms with Crippen molar-refractivity contribution in [1.82, 2.24) is 9.88 Å². The van der Waals surface area contributed by atoms with Crippen LogP contribution < -0.4 is 5.32 Å². The largest absolute Gasteiger partial charge is 0.411 e. The van der Waals surface area contributed by atoms with E-state index in [-0.39, 0.29) is 6.61 Å². The molecule has 0 aliphatic heterocycles. The molecule has 0 fully saturated rings. The maximum atomic E-state index is 11.8. The molecule has 1 N–H and O–H groups in total. The number of hydrogen-bond acceptors (Lipinski definition) is 3. The third-order valence-corrected chi connectivity index (χ3v) is 2.38. The first-order valence-electron chi connectivity index (χ1n) is 6.00. The molecule has 0 atom stereocenters. The third kappa shape index (κ3) is 7.86. The molecule has 0 radical (unpaired) electrons. The molecule has 0 aliphatic rings. The molecule has 0 unspecified atom stereocenters. The van der Waals surface area contributed by atoms with Gasteiger partial charge in [0.25, 0.3) is 0 Å². The highest BCUT2D eigenvalue weighted by Gasteiger charge is 2.27. The molecule has 0 saturated heterocycles. The van der Waals surface area contributed by atoms with E-state index in [1.54, 1.807) is 7.11 Å². The summed E-state index contributed by atoms with van der Waals surface area (Å²) in [5, 5.41) is 3.18. The average molecular weight is 280 g/mol. The molecule has 4 nitrogen and oxygen atoms in total. The van der Waals surface area contributed by atoms with Crippen LogP contribution >= 0.6 is 0 Å². The average Bonchev–Trinajstić information content (AvgIpc) is 2.77. The van der Waals surface area contributed by atoms with Crippen LogP contribution in [0.25, 0.3) is 0 Å². The summed E-state index contributed by atoms with van der Waals surface area (Å²) in [6.07, 6.45) is -0.547. The first-order chi connectivity index (χ1) is 9.01. The van der Waals surface area contributed by atoms with E-state index in [0.717, 1.165) is 12.1 Å². The van der Waals surface area contributed by atoms with Gasteiger partial charge in [-0.15, -0.1) is 0 Å². The first-order valence-corrected chi connectivity index (χ1v) is 6.00. The van der Waals surface area contributed by atoms with E-state index in [2.05, 4.69) is 10.1 Å². The summed E-state index contributed by atoms with van der Waals surface area (Å²) in [4.78, 5) is 0. The summed E-state index contributed by atoms with van der Waals surface area (Å²) in [6.45, 7) is 1.38. The number of methoxy groups -OCH3 is 1. The van der Waals surface area contributed by atoms with Gasteiger partial charge in [-0.1, -0.05) is 0 Å². The molecule has 19 heavy (non-hydrogen) atoms. The fourth-order valence-electron chi connectivity index (χ4n) is 1.50. The lowest BCUT2D eigenvalue weighted by Crippen LogP contribution is -2.19. The van der Waals surface area contributed by atoms with E-state index in [1.807, 2.05) is 23.0 Å². The van der Waals surface area contributed by atoms with Gasteiger partial charge in [0.2, 0.25) is 0 Å². The Morgan fingerprint density at radius 3 is 2.79 bits per heavy atom. The van der Waals surface area contributed by atoms with E-state index in [9.17, 15) is 13.2 Å². The lowest BCUT2D eigenvalue weighted by atomic mass is 10.3. The van der Waals surface area contributed by atoms with Crippen molar-refractivity contribution in [2.24, 2.45) is 0 Å². The van der Waals surface area contributed by atoms with Crippen molar-refractivity contribution in [2.45, 2.75) is 19.3 Å². The summed E-state index contributed by atoms with van der Waals surface area (Å²) in [5.74, 6) is 0. The molecule has 1 heterocycles. The minimum Gasteiger partial charge on any atom is -0.383 e. The summed E-state index contributed by atoms with van der Waals surface area (Å²) < 4.78 is 46.8. The molecule has 0 amide bonds. The summed E-state index contributed by atoms with van der Waals surface area (Å²) in [6, 6.07) is 1.92. The maximum Gasteiger partial charge on any atom is 0.411 e. The van der Waals surface area contributed by atoms with E-state index in [0.29, 0.717) is 19.7 Å². The van der Waals surface area contributed by atoms with Crippen molar-refractivity contribution in [3.05, 3.63) is 24.0 Å². The Hall–Kier alpha value is -1.05. The molecule has 0 aliphatic carbocycles. The fourth-order valence-corrected chi connectivity index (χ4v) is 1.50. The van der Waals surface area contributed by atoms with E-state index < -0.39 is 12.8 Å². The summed E-state index contributed by atoms with van der Waals surface area (Å²) in [7, 11) is 1.64. The number of alkyl halides is 3. The number of hydrogen-bond donors (Lipinski definition) is 1. The number of halogens is 3. The molecule has 0 aromatic carbocycles. The molecule has 1 rings (SSSR count). The van der Waals surface area contributed by atoms with E-state index >= 15 is 0 Å². The first kappa shape index (κ1) is 16.0. The smallest absolute Gasteiger partial charge is 0.383 e. The van der Waals surface area contributed by atoms with Crippen molar-refractivity contribution in [2.75, 3.05) is 33.5 Å². The van der Waals surface area contributed by atoms with Gasteiger partial charge in [0.05, 0.1) is 13.2 Å². The summed E-state index contributed by atoms with van der Waals surface area (Å²) in [5.41, 5.74) is 1.08. The predicted molar refractivity (Wildman–Crippen MR) is 64.9 cm³/mol. The molecule has 0 saturated carbocycles. The van der Waals surface area contributed by atoms with Crippen molar-refractivity contribution >= 4 is 0 Å².